The Bertz CT molecular complexity index is 745. The second kappa shape index (κ2) is 7.71. The number of hydrogen-bond donors (Lipinski definition) is 1. The summed E-state index contributed by atoms with van der Waals surface area (Å²) in [6, 6.07) is -0.179. The lowest BCUT2D eigenvalue weighted by atomic mass is 10.0. The summed E-state index contributed by atoms with van der Waals surface area (Å²) in [5.41, 5.74) is 1.22. The topological polar surface area (TPSA) is 93.4 Å². The highest BCUT2D eigenvalue weighted by atomic mass is 32.1. The molecule has 0 spiro atoms. The van der Waals surface area contributed by atoms with Crippen LogP contribution in [-0.2, 0) is 30.7 Å². The Morgan fingerprint density at radius 3 is 3.00 bits per heavy atom. The van der Waals surface area contributed by atoms with Gasteiger partial charge in [-0.25, -0.2) is 9.78 Å². The maximum absolute atomic E-state index is 12.3. The summed E-state index contributed by atoms with van der Waals surface area (Å²) >= 11 is 1.73. The zero-order valence-corrected chi connectivity index (χ0v) is 15.7. The van der Waals surface area contributed by atoms with Gasteiger partial charge in [0.2, 0.25) is 0 Å². The first-order valence-corrected chi connectivity index (χ1v) is 9.91. The average Bonchev–Trinajstić information content (AvgIpc) is 3.38. The number of aromatic nitrogens is 3. The fourth-order valence-corrected chi connectivity index (χ4v) is 4.49. The monoisotopic (exact) mass is 377 g/mol. The van der Waals surface area contributed by atoms with E-state index in [4.69, 9.17) is 9.26 Å². The average molecular weight is 377 g/mol. The molecule has 140 valence electrons. The first-order valence-electron chi connectivity index (χ1n) is 9.09. The van der Waals surface area contributed by atoms with Gasteiger partial charge in [0, 0.05) is 18.5 Å². The van der Waals surface area contributed by atoms with Crippen LogP contribution in [0.4, 0.5) is 4.79 Å². The van der Waals surface area contributed by atoms with Crippen LogP contribution in [-0.4, -0.2) is 39.7 Å². The Morgan fingerprint density at radius 1 is 1.31 bits per heavy atom. The van der Waals surface area contributed by atoms with Crippen LogP contribution in [0.15, 0.2) is 4.52 Å². The minimum absolute atomic E-state index is 0.106. The van der Waals surface area contributed by atoms with Crippen LogP contribution in [0, 0.1) is 0 Å². The van der Waals surface area contributed by atoms with Crippen molar-refractivity contribution in [1.82, 2.24) is 25.3 Å². The number of fused-ring (bicyclic) bond motifs is 1. The molecule has 0 aromatic carbocycles. The first-order chi connectivity index (χ1) is 12.7. The molecule has 1 N–H and O–H groups in total. The summed E-state index contributed by atoms with van der Waals surface area (Å²) in [7, 11) is 1.77. The zero-order chi connectivity index (χ0) is 17.9. The van der Waals surface area contributed by atoms with Gasteiger partial charge < -0.3 is 19.5 Å². The predicted molar refractivity (Wildman–Crippen MR) is 94.7 cm³/mol. The van der Waals surface area contributed by atoms with E-state index in [9.17, 15) is 4.79 Å². The van der Waals surface area contributed by atoms with Gasteiger partial charge in [0.25, 0.3) is 5.89 Å². The van der Waals surface area contributed by atoms with Crippen LogP contribution in [0.3, 0.4) is 0 Å². The van der Waals surface area contributed by atoms with Crippen molar-refractivity contribution in [2.24, 2.45) is 0 Å². The molecule has 0 radical (unpaired) electrons. The minimum atomic E-state index is -0.179. The van der Waals surface area contributed by atoms with E-state index in [1.807, 2.05) is 0 Å². The molecule has 2 aliphatic rings. The molecule has 1 aliphatic heterocycles. The van der Waals surface area contributed by atoms with E-state index < -0.39 is 0 Å². The summed E-state index contributed by atoms with van der Waals surface area (Å²) in [5, 5.41) is 7.73. The van der Waals surface area contributed by atoms with Crippen LogP contribution < -0.4 is 5.32 Å². The Labute approximate surface area is 155 Å². The van der Waals surface area contributed by atoms with Crippen LogP contribution in [0.1, 0.15) is 59.1 Å². The zero-order valence-electron chi connectivity index (χ0n) is 14.9. The van der Waals surface area contributed by atoms with E-state index in [0.29, 0.717) is 18.3 Å². The molecule has 4 rings (SSSR count). The van der Waals surface area contributed by atoms with Crippen molar-refractivity contribution in [3.05, 3.63) is 27.3 Å². The summed E-state index contributed by atoms with van der Waals surface area (Å²) in [6.45, 7) is 1.47. The standard InChI is InChI=1S/C17H23N5O3S/c1-22(10-15-19-11-5-2-3-7-13(11)26-15)17(23)18-9-14-20-16(25-21-14)12-6-4-8-24-12/h12H,2-10H2,1H3,(H,18,23)/t12-/m1/s1. The molecule has 0 saturated carbocycles. The minimum Gasteiger partial charge on any atom is -0.368 e. The van der Waals surface area contributed by atoms with Crippen molar-refractivity contribution >= 4 is 17.4 Å². The SMILES string of the molecule is CN(Cc1nc2c(s1)CCCC2)C(=O)NCc1noc([C@H]2CCCO2)n1. The number of nitrogens with zero attached hydrogens (tertiary/aromatic N) is 4. The molecule has 2 aromatic heterocycles. The molecule has 1 atom stereocenters. The van der Waals surface area contributed by atoms with Gasteiger partial charge in [-0.05, 0) is 38.5 Å². The first kappa shape index (κ1) is 17.4. The van der Waals surface area contributed by atoms with E-state index in [1.54, 1.807) is 23.3 Å². The second-order valence-electron chi connectivity index (χ2n) is 6.75. The maximum Gasteiger partial charge on any atom is 0.317 e. The van der Waals surface area contributed by atoms with E-state index >= 15 is 0 Å². The van der Waals surface area contributed by atoms with Gasteiger partial charge in [-0.1, -0.05) is 5.16 Å². The molecule has 26 heavy (non-hydrogen) atoms. The molecule has 1 aliphatic carbocycles. The summed E-state index contributed by atoms with van der Waals surface area (Å²) in [6.07, 6.45) is 6.43. The van der Waals surface area contributed by atoms with Crippen LogP contribution in [0.5, 0.6) is 0 Å². The number of carbonyl (C=O) groups excluding carboxylic acids is 1. The molecule has 0 unspecified atom stereocenters. The van der Waals surface area contributed by atoms with E-state index in [0.717, 1.165) is 37.3 Å². The third-order valence-corrected chi connectivity index (χ3v) is 5.84. The highest BCUT2D eigenvalue weighted by Gasteiger charge is 2.24. The second-order valence-corrected chi connectivity index (χ2v) is 7.92. The predicted octanol–water partition coefficient (Wildman–Crippen LogP) is 2.60. The van der Waals surface area contributed by atoms with E-state index in [1.165, 1.54) is 23.4 Å². The molecule has 3 heterocycles. The van der Waals surface area contributed by atoms with Crippen molar-refractivity contribution in [3.63, 3.8) is 0 Å². The molecule has 9 heteroatoms. The third-order valence-electron chi connectivity index (χ3n) is 4.70. The maximum atomic E-state index is 12.3. The Kier molecular flexibility index (Phi) is 5.16. The highest BCUT2D eigenvalue weighted by Crippen LogP contribution is 2.28. The number of thiazole rings is 1. The summed E-state index contributed by atoms with van der Waals surface area (Å²) < 4.78 is 10.7. The van der Waals surface area contributed by atoms with Gasteiger partial charge in [0.05, 0.1) is 18.8 Å². The molecule has 1 saturated heterocycles. The number of ether oxygens (including phenoxy) is 1. The number of hydrogen-bond acceptors (Lipinski definition) is 7. The number of nitrogens with one attached hydrogen (secondary N) is 1. The lowest BCUT2D eigenvalue weighted by Crippen LogP contribution is -2.36. The third kappa shape index (κ3) is 3.88. The Morgan fingerprint density at radius 2 is 2.19 bits per heavy atom. The number of carbonyl (C=O) groups is 1. The van der Waals surface area contributed by atoms with Crippen molar-refractivity contribution in [2.45, 2.75) is 57.7 Å². The van der Waals surface area contributed by atoms with Crippen molar-refractivity contribution < 1.29 is 14.1 Å². The van der Waals surface area contributed by atoms with E-state index in [-0.39, 0.29) is 18.7 Å². The molecule has 2 aromatic rings. The van der Waals surface area contributed by atoms with Gasteiger partial charge in [-0.3, -0.25) is 0 Å². The fraction of sp³-hybridized carbons (Fsp3) is 0.647. The lowest BCUT2D eigenvalue weighted by molar-refractivity contribution is 0.0835. The quantitative estimate of drug-likeness (QED) is 0.861. The molecular weight excluding hydrogens is 354 g/mol. The molecule has 0 bridgehead atoms. The summed E-state index contributed by atoms with van der Waals surface area (Å²) in [4.78, 5) is 24.3. The van der Waals surface area contributed by atoms with Crippen molar-refractivity contribution in [2.75, 3.05) is 13.7 Å². The number of rotatable bonds is 5. The largest absolute Gasteiger partial charge is 0.368 e. The Hall–Kier alpha value is -2.00. The number of aryl methyl sites for hydroxylation is 2. The highest BCUT2D eigenvalue weighted by molar-refractivity contribution is 7.11. The molecular formula is C17H23N5O3S. The van der Waals surface area contributed by atoms with Gasteiger partial charge in [0.15, 0.2) is 5.82 Å². The molecule has 8 nitrogen and oxygen atoms in total. The molecule has 1 fully saturated rings. The van der Waals surface area contributed by atoms with Crippen LogP contribution in [0.2, 0.25) is 0 Å². The van der Waals surface area contributed by atoms with Crippen LogP contribution in [0.25, 0.3) is 0 Å². The number of amides is 2. The van der Waals surface area contributed by atoms with Gasteiger partial charge in [-0.15, -0.1) is 11.3 Å². The van der Waals surface area contributed by atoms with Crippen molar-refractivity contribution in [3.8, 4) is 0 Å². The van der Waals surface area contributed by atoms with Gasteiger partial charge in [-0.2, -0.15) is 4.98 Å². The summed E-state index contributed by atoms with van der Waals surface area (Å²) in [5.74, 6) is 0.954. The normalized spacial score (nSPS) is 19.3. The van der Waals surface area contributed by atoms with Gasteiger partial charge >= 0.3 is 6.03 Å². The van der Waals surface area contributed by atoms with Crippen molar-refractivity contribution in [1.29, 1.82) is 0 Å². The fourth-order valence-electron chi connectivity index (χ4n) is 3.28. The smallest absolute Gasteiger partial charge is 0.317 e. The number of urea groups is 1. The van der Waals surface area contributed by atoms with Crippen LogP contribution >= 0.6 is 11.3 Å². The van der Waals surface area contributed by atoms with E-state index in [2.05, 4.69) is 20.4 Å². The Balaban J connectivity index is 1.28. The lowest BCUT2D eigenvalue weighted by Gasteiger charge is -2.15. The van der Waals surface area contributed by atoms with Gasteiger partial charge in [0.1, 0.15) is 11.1 Å². The molecule has 2 amide bonds.